The highest BCUT2D eigenvalue weighted by Crippen LogP contribution is 2.37. The Bertz CT molecular complexity index is 330. The zero-order valence-corrected chi connectivity index (χ0v) is 10.1. The molecular formula is C12H18N2O3. The van der Waals surface area contributed by atoms with Gasteiger partial charge in [0.15, 0.2) is 0 Å². The third-order valence-electron chi connectivity index (χ3n) is 3.61. The predicted octanol–water partition coefficient (Wildman–Crippen LogP) is 0.298. The molecular weight excluding hydrogens is 220 g/mol. The Morgan fingerprint density at radius 1 is 1.24 bits per heavy atom. The van der Waals surface area contributed by atoms with Crippen LogP contribution in [0.15, 0.2) is 0 Å². The second-order valence-corrected chi connectivity index (χ2v) is 4.71. The molecule has 0 aromatic heterocycles. The van der Waals surface area contributed by atoms with Crippen molar-refractivity contribution in [3.05, 3.63) is 0 Å². The molecule has 2 aliphatic rings. The molecule has 5 nitrogen and oxygen atoms in total. The van der Waals surface area contributed by atoms with Gasteiger partial charge >= 0.3 is 0 Å². The summed E-state index contributed by atoms with van der Waals surface area (Å²) in [4.78, 5) is 36.6. The van der Waals surface area contributed by atoms with Gasteiger partial charge in [-0.1, -0.05) is 12.8 Å². The van der Waals surface area contributed by atoms with Crippen molar-refractivity contribution in [2.45, 2.75) is 32.6 Å². The first kappa shape index (κ1) is 12.1. The quantitative estimate of drug-likeness (QED) is 0.719. The van der Waals surface area contributed by atoms with Crippen molar-refractivity contribution in [3.8, 4) is 0 Å². The van der Waals surface area contributed by atoms with Gasteiger partial charge in [0.2, 0.25) is 17.7 Å². The largest absolute Gasteiger partial charge is 0.355 e. The maximum atomic E-state index is 12.0. The summed E-state index contributed by atoms with van der Waals surface area (Å²) in [6.45, 7) is 2.21. The highest BCUT2D eigenvalue weighted by Gasteiger charge is 2.48. The number of amides is 3. The molecule has 0 radical (unpaired) electrons. The van der Waals surface area contributed by atoms with E-state index in [4.69, 9.17) is 0 Å². The minimum atomic E-state index is -0.257. The van der Waals surface area contributed by atoms with Gasteiger partial charge in [-0.05, 0) is 19.8 Å². The van der Waals surface area contributed by atoms with Crippen molar-refractivity contribution < 1.29 is 14.4 Å². The molecule has 1 aliphatic heterocycles. The Morgan fingerprint density at radius 2 is 1.76 bits per heavy atom. The maximum absolute atomic E-state index is 12.0. The fraction of sp³-hybridized carbons (Fsp3) is 0.750. The fourth-order valence-corrected chi connectivity index (χ4v) is 2.78. The van der Waals surface area contributed by atoms with Crippen molar-refractivity contribution in [2.24, 2.45) is 11.8 Å². The summed E-state index contributed by atoms with van der Waals surface area (Å²) >= 11 is 0. The van der Waals surface area contributed by atoms with Crippen LogP contribution in [0.3, 0.4) is 0 Å². The summed E-state index contributed by atoms with van der Waals surface area (Å²) in [7, 11) is 0. The lowest BCUT2D eigenvalue weighted by molar-refractivity contribution is -0.143. The van der Waals surface area contributed by atoms with Crippen LogP contribution in [0.25, 0.3) is 0 Å². The van der Waals surface area contributed by atoms with Gasteiger partial charge < -0.3 is 5.32 Å². The first-order chi connectivity index (χ1) is 8.15. The summed E-state index contributed by atoms with van der Waals surface area (Å²) in [6, 6.07) is 0. The number of nitrogens with zero attached hydrogens (tertiary/aromatic N) is 1. The van der Waals surface area contributed by atoms with Crippen LogP contribution in [0.5, 0.6) is 0 Å². The highest BCUT2D eigenvalue weighted by molar-refractivity contribution is 6.07. The lowest BCUT2D eigenvalue weighted by atomic mass is 9.81. The van der Waals surface area contributed by atoms with Gasteiger partial charge in [-0.15, -0.1) is 0 Å². The van der Waals surface area contributed by atoms with E-state index < -0.39 is 0 Å². The van der Waals surface area contributed by atoms with Gasteiger partial charge in [-0.3, -0.25) is 19.3 Å². The molecule has 3 amide bonds. The van der Waals surface area contributed by atoms with Crippen LogP contribution in [-0.4, -0.2) is 35.7 Å². The third kappa shape index (κ3) is 2.18. The Balaban J connectivity index is 2.05. The van der Waals surface area contributed by atoms with Crippen LogP contribution < -0.4 is 5.32 Å². The molecule has 2 unspecified atom stereocenters. The van der Waals surface area contributed by atoms with Gasteiger partial charge in [0.05, 0.1) is 11.8 Å². The van der Waals surface area contributed by atoms with E-state index in [1.54, 1.807) is 0 Å². The molecule has 2 fully saturated rings. The normalized spacial score (nSPS) is 28.2. The molecule has 0 bridgehead atoms. The number of hydrogen-bond donors (Lipinski definition) is 1. The molecule has 0 aromatic rings. The lowest BCUT2D eigenvalue weighted by Gasteiger charge is -2.19. The molecule has 5 heteroatoms. The summed E-state index contributed by atoms with van der Waals surface area (Å²) in [5.41, 5.74) is 0. The Kier molecular flexibility index (Phi) is 3.45. The number of likely N-dealkylation sites (tertiary alicyclic amines) is 1. The Labute approximate surface area is 101 Å². The van der Waals surface area contributed by atoms with Crippen LogP contribution in [0, 0.1) is 11.8 Å². The van der Waals surface area contributed by atoms with Crippen molar-refractivity contribution in [1.29, 1.82) is 0 Å². The molecule has 0 aromatic carbocycles. The molecule has 17 heavy (non-hydrogen) atoms. The van der Waals surface area contributed by atoms with E-state index in [0.29, 0.717) is 6.54 Å². The zero-order valence-electron chi connectivity index (χ0n) is 10.1. The fourth-order valence-electron chi connectivity index (χ4n) is 2.78. The van der Waals surface area contributed by atoms with E-state index in [0.717, 1.165) is 30.6 Å². The second-order valence-electron chi connectivity index (χ2n) is 4.71. The van der Waals surface area contributed by atoms with Crippen molar-refractivity contribution >= 4 is 17.7 Å². The monoisotopic (exact) mass is 238 g/mol. The number of hydrogen-bond acceptors (Lipinski definition) is 3. The van der Waals surface area contributed by atoms with E-state index in [-0.39, 0.29) is 36.1 Å². The highest BCUT2D eigenvalue weighted by atomic mass is 16.2. The lowest BCUT2D eigenvalue weighted by Crippen LogP contribution is -2.40. The second kappa shape index (κ2) is 4.85. The number of rotatable bonds is 3. The minimum absolute atomic E-state index is 0.113. The van der Waals surface area contributed by atoms with Gasteiger partial charge in [0.1, 0.15) is 6.54 Å². The summed E-state index contributed by atoms with van der Waals surface area (Å²) in [5, 5.41) is 2.61. The molecule has 2 rings (SSSR count). The van der Waals surface area contributed by atoms with Gasteiger partial charge in [-0.2, -0.15) is 0 Å². The number of imide groups is 1. The van der Waals surface area contributed by atoms with Crippen LogP contribution >= 0.6 is 0 Å². The van der Waals surface area contributed by atoms with Gasteiger partial charge in [0, 0.05) is 6.54 Å². The van der Waals surface area contributed by atoms with E-state index >= 15 is 0 Å². The topological polar surface area (TPSA) is 66.5 Å². The van der Waals surface area contributed by atoms with Crippen LogP contribution in [0.2, 0.25) is 0 Å². The van der Waals surface area contributed by atoms with Gasteiger partial charge in [0.25, 0.3) is 0 Å². The molecule has 1 saturated heterocycles. The standard InChI is InChI=1S/C12H18N2O3/c1-2-13-10(15)7-14-11(16)8-5-3-4-6-9(8)12(14)17/h8-9H,2-7H2,1H3,(H,13,15). The number of fused-ring (bicyclic) bond motifs is 1. The predicted molar refractivity (Wildman–Crippen MR) is 60.9 cm³/mol. The number of carbonyl (C=O) groups is 3. The van der Waals surface area contributed by atoms with Crippen LogP contribution in [0.4, 0.5) is 0 Å². The molecule has 1 heterocycles. The summed E-state index contributed by atoms with van der Waals surface area (Å²) in [6.07, 6.45) is 3.60. The van der Waals surface area contributed by atoms with E-state index in [2.05, 4.69) is 5.32 Å². The summed E-state index contributed by atoms with van der Waals surface area (Å²) in [5.74, 6) is -0.874. The Morgan fingerprint density at radius 3 is 2.24 bits per heavy atom. The van der Waals surface area contributed by atoms with Crippen molar-refractivity contribution in [3.63, 3.8) is 0 Å². The van der Waals surface area contributed by atoms with E-state index in [1.807, 2.05) is 6.92 Å². The summed E-state index contributed by atoms with van der Waals surface area (Å²) < 4.78 is 0. The SMILES string of the molecule is CCNC(=O)CN1C(=O)C2CCCCC2C1=O. The first-order valence-electron chi connectivity index (χ1n) is 6.27. The van der Waals surface area contributed by atoms with Crippen molar-refractivity contribution in [2.75, 3.05) is 13.1 Å². The molecule has 2 atom stereocenters. The van der Waals surface area contributed by atoms with Crippen molar-refractivity contribution in [1.82, 2.24) is 10.2 Å². The van der Waals surface area contributed by atoms with Crippen LogP contribution in [-0.2, 0) is 14.4 Å². The van der Waals surface area contributed by atoms with E-state index in [1.165, 1.54) is 0 Å². The molecule has 1 saturated carbocycles. The smallest absolute Gasteiger partial charge is 0.240 e. The number of likely N-dealkylation sites (N-methyl/N-ethyl adjacent to an activating group) is 1. The molecule has 1 N–H and O–H groups in total. The number of carbonyl (C=O) groups excluding carboxylic acids is 3. The van der Waals surface area contributed by atoms with E-state index in [9.17, 15) is 14.4 Å². The zero-order chi connectivity index (χ0) is 12.4. The Hall–Kier alpha value is -1.39. The van der Waals surface area contributed by atoms with Crippen LogP contribution in [0.1, 0.15) is 32.6 Å². The molecule has 0 spiro atoms. The average molecular weight is 238 g/mol. The first-order valence-corrected chi connectivity index (χ1v) is 6.27. The minimum Gasteiger partial charge on any atom is -0.355 e. The van der Waals surface area contributed by atoms with Gasteiger partial charge in [-0.25, -0.2) is 0 Å². The average Bonchev–Trinajstić information content (AvgIpc) is 2.56. The third-order valence-corrected chi connectivity index (χ3v) is 3.61. The molecule has 1 aliphatic carbocycles. The maximum Gasteiger partial charge on any atom is 0.240 e. The molecule has 94 valence electrons. The number of nitrogens with one attached hydrogen (secondary N) is 1.